The summed E-state index contributed by atoms with van der Waals surface area (Å²) in [5.41, 5.74) is -0.138. The first-order chi connectivity index (χ1) is 9.42. The van der Waals surface area contributed by atoms with Crippen LogP contribution in [0.3, 0.4) is 0 Å². The van der Waals surface area contributed by atoms with Crippen LogP contribution in [0.5, 0.6) is 0 Å². The monoisotopic (exact) mass is 322 g/mol. The van der Waals surface area contributed by atoms with E-state index in [1.165, 1.54) is 16.4 Å². The Bertz CT molecular complexity index is 582. The first kappa shape index (κ1) is 15.5. The van der Waals surface area contributed by atoms with Crippen LogP contribution in [0.1, 0.15) is 12.8 Å². The molecule has 1 aromatic rings. The average Bonchev–Trinajstić information content (AvgIpc) is 2.42. The highest BCUT2D eigenvalue weighted by molar-refractivity contribution is 7.90. The van der Waals surface area contributed by atoms with Crippen molar-refractivity contribution >= 4 is 27.5 Å². The zero-order valence-corrected chi connectivity index (χ0v) is 12.3. The highest BCUT2D eigenvalue weighted by Crippen LogP contribution is 2.23. The van der Waals surface area contributed by atoms with Crippen LogP contribution in [-0.2, 0) is 10.2 Å². The zero-order valence-electron chi connectivity index (χ0n) is 10.7. The molecule has 20 heavy (non-hydrogen) atoms. The van der Waals surface area contributed by atoms with Gasteiger partial charge < -0.3 is 5.11 Å². The van der Waals surface area contributed by atoms with Gasteiger partial charge in [-0.25, -0.2) is 4.39 Å². The molecule has 1 saturated heterocycles. The van der Waals surface area contributed by atoms with E-state index in [9.17, 15) is 12.8 Å². The van der Waals surface area contributed by atoms with Gasteiger partial charge in [-0.3, -0.25) is 4.72 Å². The predicted octanol–water partition coefficient (Wildman–Crippen LogP) is 1.84. The van der Waals surface area contributed by atoms with Gasteiger partial charge in [0.05, 0.1) is 5.69 Å². The molecular weight excluding hydrogens is 307 g/mol. The molecule has 1 aromatic carbocycles. The number of nitrogens with zero attached hydrogens (tertiary/aromatic N) is 1. The predicted molar refractivity (Wildman–Crippen MR) is 75.3 cm³/mol. The maximum atomic E-state index is 13.6. The Morgan fingerprint density at radius 2 is 2.25 bits per heavy atom. The lowest BCUT2D eigenvalue weighted by atomic mass is 10.0. The summed E-state index contributed by atoms with van der Waals surface area (Å²) >= 11 is 5.62. The highest BCUT2D eigenvalue weighted by atomic mass is 35.5. The van der Waals surface area contributed by atoms with Crippen molar-refractivity contribution in [2.75, 3.05) is 24.4 Å². The molecule has 8 heteroatoms. The third kappa shape index (κ3) is 3.60. The summed E-state index contributed by atoms with van der Waals surface area (Å²) in [7, 11) is -3.83. The van der Waals surface area contributed by atoms with Crippen molar-refractivity contribution in [2.45, 2.75) is 12.8 Å². The van der Waals surface area contributed by atoms with Crippen LogP contribution in [0.2, 0.25) is 5.02 Å². The Labute approximate surface area is 122 Å². The van der Waals surface area contributed by atoms with E-state index in [0.29, 0.717) is 13.0 Å². The molecule has 0 aliphatic carbocycles. The second-order valence-corrected chi connectivity index (χ2v) is 6.89. The third-order valence-electron chi connectivity index (χ3n) is 3.25. The Balaban J connectivity index is 2.14. The van der Waals surface area contributed by atoms with Crippen molar-refractivity contribution in [2.24, 2.45) is 5.92 Å². The lowest BCUT2D eigenvalue weighted by Crippen LogP contribution is -2.43. The molecule has 2 rings (SSSR count). The molecule has 1 unspecified atom stereocenters. The molecule has 1 fully saturated rings. The van der Waals surface area contributed by atoms with E-state index in [4.69, 9.17) is 16.7 Å². The van der Waals surface area contributed by atoms with Gasteiger partial charge in [-0.2, -0.15) is 12.7 Å². The Morgan fingerprint density at radius 1 is 1.50 bits per heavy atom. The minimum absolute atomic E-state index is 0.0542. The van der Waals surface area contributed by atoms with Crippen LogP contribution in [0.4, 0.5) is 10.1 Å². The molecule has 0 spiro atoms. The average molecular weight is 323 g/mol. The Hall–Kier alpha value is -0.890. The van der Waals surface area contributed by atoms with E-state index in [0.717, 1.165) is 12.5 Å². The number of aliphatic hydroxyl groups is 1. The number of benzene rings is 1. The van der Waals surface area contributed by atoms with E-state index < -0.39 is 16.0 Å². The van der Waals surface area contributed by atoms with Crippen LogP contribution >= 0.6 is 11.6 Å². The van der Waals surface area contributed by atoms with Gasteiger partial charge in [0.2, 0.25) is 0 Å². The van der Waals surface area contributed by atoms with Crippen LogP contribution in [-0.4, -0.2) is 37.5 Å². The van der Waals surface area contributed by atoms with Gasteiger partial charge in [0, 0.05) is 24.7 Å². The molecule has 1 aliphatic rings. The molecule has 1 atom stereocenters. The first-order valence-corrected chi connectivity index (χ1v) is 8.08. The van der Waals surface area contributed by atoms with Crippen molar-refractivity contribution in [1.82, 2.24) is 4.31 Å². The fraction of sp³-hybridized carbons (Fsp3) is 0.500. The highest BCUT2D eigenvalue weighted by Gasteiger charge is 2.29. The van der Waals surface area contributed by atoms with Crippen LogP contribution in [0.15, 0.2) is 18.2 Å². The van der Waals surface area contributed by atoms with Crippen molar-refractivity contribution in [3.63, 3.8) is 0 Å². The van der Waals surface area contributed by atoms with Gasteiger partial charge in [-0.05, 0) is 37.0 Å². The van der Waals surface area contributed by atoms with E-state index in [1.807, 2.05) is 0 Å². The van der Waals surface area contributed by atoms with Gasteiger partial charge in [0.15, 0.2) is 0 Å². The molecule has 5 nitrogen and oxygen atoms in total. The SMILES string of the molecule is O=S(=O)(Nc1ccc(Cl)cc1F)N1CCCC(CO)C1. The second kappa shape index (κ2) is 6.26. The standard InChI is InChI=1S/C12H16ClFN2O3S/c13-10-3-4-12(11(14)6-10)15-20(18,19)16-5-1-2-9(7-16)8-17/h3-4,6,9,15,17H,1-2,5,7-8H2. The minimum atomic E-state index is -3.83. The quantitative estimate of drug-likeness (QED) is 0.888. The Kier molecular flexibility index (Phi) is 4.85. The molecule has 1 aliphatic heterocycles. The second-order valence-electron chi connectivity index (χ2n) is 4.78. The largest absolute Gasteiger partial charge is 0.396 e. The molecule has 0 aromatic heterocycles. The fourth-order valence-corrected chi connectivity index (χ4v) is 3.68. The third-order valence-corrected chi connectivity index (χ3v) is 4.97. The molecule has 0 saturated carbocycles. The van der Waals surface area contributed by atoms with Crippen molar-refractivity contribution < 1.29 is 17.9 Å². The zero-order chi connectivity index (χ0) is 14.8. The normalized spacial score (nSPS) is 20.9. The molecule has 0 bridgehead atoms. The van der Waals surface area contributed by atoms with E-state index in [2.05, 4.69) is 4.72 Å². The lowest BCUT2D eigenvalue weighted by Gasteiger charge is -2.31. The number of aliphatic hydroxyl groups excluding tert-OH is 1. The number of hydrogen-bond acceptors (Lipinski definition) is 3. The number of hydrogen-bond donors (Lipinski definition) is 2. The molecule has 112 valence electrons. The number of halogens is 2. The summed E-state index contributed by atoms with van der Waals surface area (Å²) < 4.78 is 41.4. The van der Waals surface area contributed by atoms with Crippen LogP contribution < -0.4 is 4.72 Å². The molecular formula is C12H16ClFN2O3S. The van der Waals surface area contributed by atoms with Gasteiger partial charge in [-0.1, -0.05) is 11.6 Å². The van der Waals surface area contributed by atoms with Crippen LogP contribution in [0.25, 0.3) is 0 Å². The fourth-order valence-electron chi connectivity index (χ4n) is 2.17. The first-order valence-electron chi connectivity index (χ1n) is 6.26. The van der Waals surface area contributed by atoms with Gasteiger partial charge in [-0.15, -0.1) is 0 Å². The number of anilines is 1. The number of nitrogens with one attached hydrogen (secondary N) is 1. The lowest BCUT2D eigenvalue weighted by molar-refractivity contribution is 0.166. The Morgan fingerprint density at radius 3 is 2.90 bits per heavy atom. The topological polar surface area (TPSA) is 69.6 Å². The molecule has 2 N–H and O–H groups in total. The maximum absolute atomic E-state index is 13.6. The molecule has 0 radical (unpaired) electrons. The van der Waals surface area contributed by atoms with Crippen LogP contribution in [0, 0.1) is 11.7 Å². The number of rotatable bonds is 4. The minimum Gasteiger partial charge on any atom is -0.396 e. The summed E-state index contributed by atoms with van der Waals surface area (Å²) in [4.78, 5) is 0. The van der Waals surface area contributed by atoms with Crippen molar-refractivity contribution in [3.05, 3.63) is 29.0 Å². The smallest absolute Gasteiger partial charge is 0.301 e. The summed E-state index contributed by atoms with van der Waals surface area (Å²) in [5, 5.41) is 9.32. The van der Waals surface area contributed by atoms with Crippen molar-refractivity contribution in [3.8, 4) is 0 Å². The summed E-state index contributed by atoms with van der Waals surface area (Å²) in [5.74, 6) is -0.799. The van der Waals surface area contributed by atoms with Gasteiger partial charge >= 0.3 is 10.2 Å². The summed E-state index contributed by atoms with van der Waals surface area (Å²) in [6, 6.07) is 3.74. The molecule has 0 amide bonds. The van der Waals surface area contributed by atoms with E-state index in [-0.39, 0.29) is 29.8 Å². The number of piperidine rings is 1. The van der Waals surface area contributed by atoms with Gasteiger partial charge in [0.25, 0.3) is 0 Å². The molecule has 1 heterocycles. The van der Waals surface area contributed by atoms with E-state index >= 15 is 0 Å². The van der Waals surface area contributed by atoms with E-state index in [1.54, 1.807) is 0 Å². The maximum Gasteiger partial charge on any atom is 0.301 e. The summed E-state index contributed by atoms with van der Waals surface area (Å²) in [6.45, 7) is 0.545. The van der Waals surface area contributed by atoms with Crippen molar-refractivity contribution in [1.29, 1.82) is 0 Å². The summed E-state index contributed by atoms with van der Waals surface area (Å²) in [6.07, 6.45) is 1.47. The van der Waals surface area contributed by atoms with Gasteiger partial charge in [0.1, 0.15) is 5.82 Å².